The second-order valence-corrected chi connectivity index (χ2v) is 4.60. The summed E-state index contributed by atoms with van der Waals surface area (Å²) in [7, 11) is -3.85. The van der Waals surface area contributed by atoms with Crippen molar-refractivity contribution in [2.24, 2.45) is 11.5 Å². The van der Waals surface area contributed by atoms with Gasteiger partial charge >= 0.3 is 14.2 Å². The molecule has 0 aromatic heterocycles. The highest BCUT2D eigenvalue weighted by atomic mass is 16.4. The Balaban J connectivity index is 3.18. The number of amides is 2. The molecule has 10 heteroatoms. The Kier molecular flexibility index (Phi) is 5.91. The zero-order valence-electron chi connectivity index (χ0n) is 11.1. The van der Waals surface area contributed by atoms with E-state index in [1.165, 1.54) is 18.2 Å². The van der Waals surface area contributed by atoms with Crippen molar-refractivity contribution >= 4 is 37.0 Å². The van der Waals surface area contributed by atoms with Gasteiger partial charge in [-0.2, -0.15) is 0 Å². The third-order valence-electron chi connectivity index (χ3n) is 3.09. The maximum atomic E-state index is 11.5. The number of primary amides is 2. The maximum absolute atomic E-state index is 11.5. The van der Waals surface area contributed by atoms with Gasteiger partial charge in [0.25, 0.3) is 0 Å². The van der Waals surface area contributed by atoms with Gasteiger partial charge in [0.15, 0.2) is 0 Å². The fraction of sp³-hybridized carbons (Fsp3) is 0.273. The van der Waals surface area contributed by atoms with Crippen LogP contribution in [0.1, 0.15) is 24.3 Å². The van der Waals surface area contributed by atoms with E-state index in [0.717, 1.165) is 0 Å². The van der Waals surface area contributed by atoms with Crippen molar-refractivity contribution in [2.75, 3.05) is 0 Å². The summed E-state index contributed by atoms with van der Waals surface area (Å²) in [6, 6.07) is 3.88. The summed E-state index contributed by atoms with van der Waals surface area (Å²) in [5.41, 5.74) is 10.4. The number of nitrogens with two attached hydrogens (primary N) is 2. The summed E-state index contributed by atoms with van der Waals surface area (Å²) in [6.45, 7) is 0. The molecule has 1 atom stereocenters. The van der Waals surface area contributed by atoms with Crippen LogP contribution in [0, 0.1) is 0 Å². The van der Waals surface area contributed by atoms with Gasteiger partial charge in [0, 0.05) is 6.42 Å². The zero-order chi connectivity index (χ0) is 16.2. The Bertz CT molecular complexity index is 537. The largest absolute Gasteiger partial charge is 0.488 e. The smallest absolute Gasteiger partial charge is 0.423 e. The molecule has 0 aliphatic carbocycles. The number of hydrogen-bond donors (Lipinski definition) is 6. The molecule has 0 heterocycles. The van der Waals surface area contributed by atoms with Gasteiger partial charge in [-0.1, -0.05) is 18.2 Å². The van der Waals surface area contributed by atoms with Gasteiger partial charge < -0.3 is 31.6 Å². The molecule has 8 nitrogen and oxygen atoms in total. The van der Waals surface area contributed by atoms with Gasteiger partial charge in [0.05, 0.1) is 5.92 Å². The van der Waals surface area contributed by atoms with Gasteiger partial charge in [-0.15, -0.1) is 0 Å². The first-order valence-corrected chi connectivity index (χ1v) is 6.17. The molecule has 0 saturated carbocycles. The number of carbonyl (C=O) groups is 2. The van der Waals surface area contributed by atoms with E-state index in [1.807, 2.05) is 0 Å². The Hall–Kier alpha value is -1.87. The molecule has 1 rings (SSSR count). The van der Waals surface area contributed by atoms with Crippen LogP contribution in [0.25, 0.3) is 0 Å². The van der Waals surface area contributed by atoms with Crippen LogP contribution >= 0.6 is 0 Å². The van der Waals surface area contributed by atoms with Crippen LogP contribution in [-0.2, 0) is 9.59 Å². The lowest BCUT2D eigenvalue weighted by Crippen LogP contribution is -2.49. The standard InChI is InChI=1S/C11H16B2N2O6/c14-10(16)4-2-7(11(15)17)6-1-3-8(12(18)19)9(5-6)13(20)21/h1,3,5,7,18-21H,2,4H2,(H2,14,16)(H2,15,17). The van der Waals surface area contributed by atoms with Gasteiger partial charge in [0.1, 0.15) is 0 Å². The molecule has 1 aromatic carbocycles. The molecule has 1 aromatic rings. The van der Waals surface area contributed by atoms with Crippen molar-refractivity contribution in [3.8, 4) is 0 Å². The molecule has 0 bridgehead atoms. The van der Waals surface area contributed by atoms with Crippen LogP contribution in [0.2, 0.25) is 0 Å². The number of rotatable bonds is 7. The topological polar surface area (TPSA) is 167 Å². The summed E-state index contributed by atoms with van der Waals surface area (Å²) < 4.78 is 0. The average molecular weight is 294 g/mol. The molecular weight excluding hydrogens is 278 g/mol. The quantitative estimate of drug-likeness (QED) is 0.279. The molecule has 112 valence electrons. The van der Waals surface area contributed by atoms with E-state index in [9.17, 15) is 19.6 Å². The van der Waals surface area contributed by atoms with Crippen molar-refractivity contribution in [3.63, 3.8) is 0 Å². The number of benzene rings is 1. The minimum Gasteiger partial charge on any atom is -0.423 e. The fourth-order valence-electron chi connectivity index (χ4n) is 2.03. The van der Waals surface area contributed by atoms with Crippen LogP contribution in [0.5, 0.6) is 0 Å². The van der Waals surface area contributed by atoms with Crippen molar-refractivity contribution in [2.45, 2.75) is 18.8 Å². The van der Waals surface area contributed by atoms with Crippen LogP contribution in [0.15, 0.2) is 18.2 Å². The first-order chi connectivity index (χ1) is 9.73. The lowest BCUT2D eigenvalue weighted by atomic mass is 9.65. The van der Waals surface area contributed by atoms with Crippen LogP contribution < -0.4 is 22.4 Å². The highest BCUT2D eigenvalue weighted by Crippen LogP contribution is 2.19. The third kappa shape index (κ3) is 4.57. The zero-order valence-corrected chi connectivity index (χ0v) is 11.1. The minimum atomic E-state index is -1.95. The van der Waals surface area contributed by atoms with Crippen molar-refractivity contribution < 1.29 is 29.7 Å². The van der Waals surface area contributed by atoms with Crippen LogP contribution in [0.4, 0.5) is 0 Å². The molecule has 8 N–H and O–H groups in total. The lowest BCUT2D eigenvalue weighted by molar-refractivity contribution is -0.120. The molecule has 2 amide bonds. The molecular formula is C11H16B2N2O6. The Morgan fingerprint density at radius 2 is 1.62 bits per heavy atom. The predicted octanol–water partition coefficient (Wildman–Crippen LogP) is -4.12. The van der Waals surface area contributed by atoms with Gasteiger partial charge in [-0.25, -0.2) is 0 Å². The first-order valence-electron chi connectivity index (χ1n) is 6.17. The molecule has 0 aliphatic heterocycles. The normalized spacial score (nSPS) is 11.8. The van der Waals surface area contributed by atoms with Crippen molar-refractivity contribution in [1.82, 2.24) is 0 Å². The monoisotopic (exact) mass is 294 g/mol. The second-order valence-electron chi connectivity index (χ2n) is 4.60. The van der Waals surface area contributed by atoms with Crippen molar-refractivity contribution in [1.29, 1.82) is 0 Å². The lowest BCUT2D eigenvalue weighted by Gasteiger charge is -2.16. The van der Waals surface area contributed by atoms with Gasteiger partial charge in [-0.3, -0.25) is 9.59 Å². The molecule has 0 radical (unpaired) electrons. The number of carbonyl (C=O) groups excluding carboxylic acids is 2. The molecule has 21 heavy (non-hydrogen) atoms. The molecule has 0 aliphatic rings. The van der Waals surface area contributed by atoms with Crippen LogP contribution in [-0.4, -0.2) is 46.1 Å². The average Bonchev–Trinajstić information content (AvgIpc) is 2.37. The molecule has 0 fully saturated rings. The minimum absolute atomic E-state index is 0.0605. The SMILES string of the molecule is NC(=O)CCC(C(N)=O)c1ccc(B(O)O)c(B(O)O)c1. The van der Waals surface area contributed by atoms with Crippen LogP contribution in [0.3, 0.4) is 0 Å². The van der Waals surface area contributed by atoms with E-state index in [4.69, 9.17) is 21.5 Å². The van der Waals surface area contributed by atoms with E-state index in [-0.39, 0.29) is 23.8 Å². The van der Waals surface area contributed by atoms with Crippen molar-refractivity contribution in [3.05, 3.63) is 23.8 Å². The molecule has 0 saturated heterocycles. The number of hydrogen-bond acceptors (Lipinski definition) is 6. The third-order valence-corrected chi connectivity index (χ3v) is 3.09. The maximum Gasteiger partial charge on any atom is 0.488 e. The Labute approximate surface area is 121 Å². The van der Waals surface area contributed by atoms with Gasteiger partial charge in [0.2, 0.25) is 11.8 Å². The second kappa shape index (κ2) is 7.23. The summed E-state index contributed by atoms with van der Waals surface area (Å²) in [6.07, 6.45) is 0.0155. The van der Waals surface area contributed by atoms with E-state index in [2.05, 4.69) is 0 Å². The summed E-state index contributed by atoms with van der Waals surface area (Å²) >= 11 is 0. The predicted molar refractivity (Wildman–Crippen MR) is 76.5 cm³/mol. The van der Waals surface area contributed by atoms with E-state index in [1.54, 1.807) is 0 Å². The van der Waals surface area contributed by atoms with Gasteiger partial charge in [-0.05, 0) is 22.9 Å². The fourth-order valence-corrected chi connectivity index (χ4v) is 2.03. The summed E-state index contributed by atoms with van der Waals surface area (Å²) in [4.78, 5) is 22.3. The summed E-state index contributed by atoms with van der Waals surface area (Å²) in [5.74, 6) is -2.14. The highest BCUT2D eigenvalue weighted by Gasteiger charge is 2.26. The first kappa shape index (κ1) is 17.2. The Morgan fingerprint density at radius 3 is 2.05 bits per heavy atom. The highest BCUT2D eigenvalue weighted by molar-refractivity contribution is 6.71. The Morgan fingerprint density at radius 1 is 1.05 bits per heavy atom. The molecule has 1 unspecified atom stereocenters. The summed E-state index contributed by atoms with van der Waals surface area (Å²) in [5, 5.41) is 36.8. The van der Waals surface area contributed by atoms with E-state index < -0.39 is 32.0 Å². The van der Waals surface area contributed by atoms with E-state index in [0.29, 0.717) is 5.56 Å². The van der Waals surface area contributed by atoms with E-state index >= 15 is 0 Å². The molecule has 0 spiro atoms.